The van der Waals surface area contributed by atoms with Crippen molar-refractivity contribution in [1.29, 1.82) is 0 Å². The second-order valence-corrected chi connectivity index (χ2v) is 7.58. The van der Waals surface area contributed by atoms with E-state index in [1.807, 2.05) is 47.8 Å². The van der Waals surface area contributed by atoms with E-state index in [9.17, 15) is 9.59 Å². The molecule has 3 rings (SSSR count). The summed E-state index contributed by atoms with van der Waals surface area (Å²) in [7, 11) is 0. The molecule has 0 atom stereocenters. The summed E-state index contributed by atoms with van der Waals surface area (Å²) in [5.41, 5.74) is 2.37. The highest BCUT2D eigenvalue weighted by Gasteiger charge is 2.11. The van der Waals surface area contributed by atoms with Crippen molar-refractivity contribution in [3.63, 3.8) is 0 Å². The highest BCUT2D eigenvalue weighted by Crippen LogP contribution is 2.23. The van der Waals surface area contributed by atoms with E-state index >= 15 is 0 Å². The molecule has 0 saturated heterocycles. The summed E-state index contributed by atoms with van der Waals surface area (Å²) in [6.07, 6.45) is 3.65. The fourth-order valence-corrected chi connectivity index (χ4v) is 3.94. The number of nitrogens with one attached hydrogen (secondary N) is 1. The molecular formula is C19H17N3O2S2. The van der Waals surface area contributed by atoms with E-state index in [-0.39, 0.29) is 18.1 Å². The largest absolute Gasteiger partial charge is 0.352 e. The number of hydrogen-bond acceptors (Lipinski definition) is 6. The second kappa shape index (κ2) is 9.26. The maximum absolute atomic E-state index is 12.1. The predicted octanol–water partition coefficient (Wildman–Crippen LogP) is 3.37. The van der Waals surface area contributed by atoms with E-state index in [1.54, 1.807) is 12.4 Å². The van der Waals surface area contributed by atoms with Crippen LogP contribution in [0, 0.1) is 0 Å². The van der Waals surface area contributed by atoms with Gasteiger partial charge in [-0.1, -0.05) is 48.2 Å². The topological polar surface area (TPSA) is 72.0 Å². The molecule has 0 radical (unpaired) electrons. The Labute approximate surface area is 159 Å². The van der Waals surface area contributed by atoms with E-state index < -0.39 is 0 Å². The average molecular weight is 383 g/mol. The van der Waals surface area contributed by atoms with Gasteiger partial charge in [0.1, 0.15) is 0 Å². The molecule has 7 heteroatoms. The number of hydrogen-bond donors (Lipinski definition) is 1. The molecule has 1 amide bonds. The van der Waals surface area contributed by atoms with Crippen LogP contribution in [0.15, 0.2) is 64.6 Å². The molecule has 132 valence electrons. The Hall–Kier alpha value is -2.51. The van der Waals surface area contributed by atoms with Gasteiger partial charge in [0.25, 0.3) is 0 Å². The molecule has 0 aliphatic rings. The summed E-state index contributed by atoms with van der Waals surface area (Å²) < 4.78 is 0.796. The lowest BCUT2D eigenvalue weighted by Gasteiger charge is -2.03. The quantitative estimate of drug-likeness (QED) is 0.477. The smallest absolute Gasteiger partial charge is 0.226 e. The second-order valence-electron chi connectivity index (χ2n) is 5.50. The van der Waals surface area contributed by atoms with Gasteiger partial charge in [-0.05, 0) is 11.6 Å². The van der Waals surface area contributed by atoms with Crippen molar-refractivity contribution >= 4 is 34.8 Å². The lowest BCUT2D eigenvalue weighted by atomic mass is 10.2. The maximum Gasteiger partial charge on any atom is 0.226 e. The SMILES string of the molecule is O=C(Cc1csc(SCC(=O)c2ccccc2)n1)NCc1cccnc1. The first-order valence-electron chi connectivity index (χ1n) is 8.02. The van der Waals surface area contributed by atoms with Crippen LogP contribution < -0.4 is 5.32 Å². The third-order valence-corrected chi connectivity index (χ3v) is 5.58. The third-order valence-electron chi connectivity index (χ3n) is 3.51. The minimum Gasteiger partial charge on any atom is -0.352 e. The number of rotatable bonds is 8. The maximum atomic E-state index is 12.1. The lowest BCUT2D eigenvalue weighted by Crippen LogP contribution is -2.24. The molecule has 0 saturated carbocycles. The van der Waals surface area contributed by atoms with Gasteiger partial charge in [-0.3, -0.25) is 14.6 Å². The number of benzene rings is 1. The minimum atomic E-state index is -0.0870. The molecule has 0 spiro atoms. The molecule has 1 N–H and O–H groups in total. The Morgan fingerprint density at radius 1 is 1.12 bits per heavy atom. The summed E-state index contributed by atoms with van der Waals surface area (Å²) in [5.74, 6) is 0.321. The van der Waals surface area contributed by atoms with Crippen LogP contribution in [0.5, 0.6) is 0 Å². The molecule has 3 aromatic rings. The van der Waals surface area contributed by atoms with Gasteiger partial charge in [0.2, 0.25) is 5.91 Å². The molecule has 2 aromatic heterocycles. The molecule has 26 heavy (non-hydrogen) atoms. The van der Waals surface area contributed by atoms with Gasteiger partial charge >= 0.3 is 0 Å². The van der Waals surface area contributed by atoms with Crippen molar-refractivity contribution in [2.45, 2.75) is 17.3 Å². The molecular weight excluding hydrogens is 366 g/mol. The number of Topliss-reactive ketones (excluding diaryl/α,β-unsaturated/α-hetero) is 1. The first kappa shape index (κ1) is 18.3. The Kier molecular flexibility index (Phi) is 6.51. The van der Waals surface area contributed by atoms with Crippen molar-refractivity contribution in [2.24, 2.45) is 0 Å². The third kappa shape index (κ3) is 5.50. The van der Waals surface area contributed by atoms with E-state index in [0.717, 1.165) is 9.90 Å². The van der Waals surface area contributed by atoms with Gasteiger partial charge in [0, 0.05) is 29.9 Å². The summed E-state index contributed by atoms with van der Waals surface area (Å²) in [6, 6.07) is 13.0. The number of aromatic nitrogens is 2. The molecule has 0 fully saturated rings. The first-order valence-corrected chi connectivity index (χ1v) is 9.88. The van der Waals surface area contributed by atoms with Crippen molar-refractivity contribution in [3.05, 3.63) is 77.1 Å². The zero-order valence-electron chi connectivity index (χ0n) is 13.9. The molecule has 2 heterocycles. The first-order chi connectivity index (χ1) is 12.7. The Morgan fingerprint density at radius 2 is 1.96 bits per heavy atom. The van der Waals surface area contributed by atoms with Crippen LogP contribution in [-0.4, -0.2) is 27.4 Å². The Bertz CT molecular complexity index is 867. The van der Waals surface area contributed by atoms with Crippen molar-refractivity contribution in [1.82, 2.24) is 15.3 Å². The van der Waals surface area contributed by atoms with Crippen LogP contribution in [0.1, 0.15) is 21.6 Å². The van der Waals surface area contributed by atoms with E-state index in [1.165, 1.54) is 23.1 Å². The number of pyridine rings is 1. The fourth-order valence-electron chi connectivity index (χ4n) is 2.20. The standard InChI is InChI=1S/C19H17N3O2S2/c23-17(15-6-2-1-3-7-15)13-26-19-22-16(12-25-19)9-18(24)21-11-14-5-4-8-20-10-14/h1-8,10,12H,9,11,13H2,(H,21,24). The zero-order chi connectivity index (χ0) is 18.2. The summed E-state index contributed by atoms with van der Waals surface area (Å²) in [5, 5.41) is 4.71. The van der Waals surface area contributed by atoms with Crippen LogP contribution in [0.4, 0.5) is 0 Å². The van der Waals surface area contributed by atoms with Crippen molar-refractivity contribution in [2.75, 3.05) is 5.75 Å². The van der Waals surface area contributed by atoms with Crippen molar-refractivity contribution in [3.8, 4) is 0 Å². The van der Waals surface area contributed by atoms with Crippen LogP contribution in [0.25, 0.3) is 0 Å². The molecule has 5 nitrogen and oxygen atoms in total. The van der Waals surface area contributed by atoms with Gasteiger partial charge in [0.05, 0.1) is 17.9 Å². The number of amides is 1. The lowest BCUT2D eigenvalue weighted by molar-refractivity contribution is -0.120. The van der Waals surface area contributed by atoms with Crippen molar-refractivity contribution < 1.29 is 9.59 Å². The number of carbonyl (C=O) groups excluding carboxylic acids is 2. The van der Waals surface area contributed by atoms with E-state index in [0.29, 0.717) is 23.6 Å². The molecule has 0 aliphatic carbocycles. The summed E-state index contributed by atoms with van der Waals surface area (Å²) in [6.45, 7) is 0.448. The molecule has 1 aromatic carbocycles. The van der Waals surface area contributed by atoms with Gasteiger partial charge in [-0.15, -0.1) is 11.3 Å². The van der Waals surface area contributed by atoms with Crippen LogP contribution in [0.3, 0.4) is 0 Å². The average Bonchev–Trinajstić information content (AvgIpc) is 3.13. The number of nitrogens with zero attached hydrogens (tertiary/aromatic N) is 2. The van der Waals surface area contributed by atoms with Crippen LogP contribution in [-0.2, 0) is 17.8 Å². The number of thiazole rings is 1. The van der Waals surface area contributed by atoms with Gasteiger partial charge in [0.15, 0.2) is 10.1 Å². The monoisotopic (exact) mass is 383 g/mol. The van der Waals surface area contributed by atoms with E-state index in [2.05, 4.69) is 15.3 Å². The summed E-state index contributed by atoms with van der Waals surface area (Å²) >= 11 is 2.85. The van der Waals surface area contributed by atoms with Gasteiger partial charge in [-0.25, -0.2) is 4.98 Å². The molecule has 0 bridgehead atoms. The Balaban J connectivity index is 1.45. The predicted molar refractivity (Wildman–Crippen MR) is 103 cm³/mol. The highest BCUT2D eigenvalue weighted by molar-refractivity contribution is 8.01. The zero-order valence-corrected chi connectivity index (χ0v) is 15.6. The van der Waals surface area contributed by atoms with Crippen LogP contribution >= 0.6 is 23.1 Å². The van der Waals surface area contributed by atoms with Gasteiger partial charge < -0.3 is 5.32 Å². The highest BCUT2D eigenvalue weighted by atomic mass is 32.2. The number of ketones is 1. The molecule has 0 unspecified atom stereocenters. The number of thioether (sulfide) groups is 1. The normalized spacial score (nSPS) is 10.5. The number of carbonyl (C=O) groups is 2. The van der Waals surface area contributed by atoms with E-state index in [4.69, 9.17) is 0 Å². The van der Waals surface area contributed by atoms with Crippen LogP contribution in [0.2, 0.25) is 0 Å². The minimum absolute atomic E-state index is 0.0709. The fraction of sp³-hybridized carbons (Fsp3) is 0.158. The Morgan fingerprint density at radius 3 is 2.73 bits per heavy atom. The van der Waals surface area contributed by atoms with Gasteiger partial charge in [-0.2, -0.15) is 0 Å². The molecule has 0 aliphatic heterocycles. The summed E-state index contributed by atoms with van der Waals surface area (Å²) in [4.78, 5) is 32.6.